The lowest BCUT2D eigenvalue weighted by Gasteiger charge is -2.14. The molecule has 0 aliphatic rings. The summed E-state index contributed by atoms with van der Waals surface area (Å²) in [6.45, 7) is 3.93. The Morgan fingerprint density at radius 2 is 1.91 bits per heavy atom. The van der Waals surface area contributed by atoms with Gasteiger partial charge in [-0.25, -0.2) is 9.67 Å². The van der Waals surface area contributed by atoms with Crippen LogP contribution < -0.4 is 10.1 Å². The molecule has 34 heavy (non-hydrogen) atoms. The molecular formula is C23H20F3N5O3. The van der Waals surface area contributed by atoms with E-state index in [4.69, 9.17) is 9.26 Å². The molecule has 0 fully saturated rings. The number of halogens is 3. The molecule has 0 aliphatic carbocycles. The zero-order valence-corrected chi connectivity index (χ0v) is 18.3. The first-order valence-corrected chi connectivity index (χ1v) is 10.2. The third-order valence-electron chi connectivity index (χ3n) is 5.12. The van der Waals surface area contributed by atoms with Crippen molar-refractivity contribution in [3.8, 4) is 11.4 Å². The van der Waals surface area contributed by atoms with Crippen molar-refractivity contribution in [3.05, 3.63) is 83.3 Å². The Morgan fingerprint density at radius 3 is 2.53 bits per heavy atom. The van der Waals surface area contributed by atoms with E-state index in [9.17, 15) is 18.0 Å². The van der Waals surface area contributed by atoms with E-state index in [0.717, 1.165) is 23.4 Å². The first kappa shape index (κ1) is 23.0. The van der Waals surface area contributed by atoms with Crippen LogP contribution in [0.15, 0.2) is 59.6 Å². The quantitative estimate of drug-likeness (QED) is 0.422. The van der Waals surface area contributed by atoms with E-state index in [2.05, 4.69) is 20.6 Å². The Kier molecular flexibility index (Phi) is 6.35. The van der Waals surface area contributed by atoms with Crippen LogP contribution in [0.4, 0.5) is 18.9 Å². The van der Waals surface area contributed by atoms with Gasteiger partial charge in [-0.3, -0.25) is 4.79 Å². The molecule has 0 atom stereocenters. The highest BCUT2D eigenvalue weighted by molar-refractivity contribution is 5.94. The fourth-order valence-electron chi connectivity index (χ4n) is 3.29. The minimum Gasteiger partial charge on any atom is -0.489 e. The molecule has 0 radical (unpaired) electrons. The number of alkyl halides is 3. The molecule has 0 saturated carbocycles. The third kappa shape index (κ3) is 5.25. The molecule has 1 amide bonds. The summed E-state index contributed by atoms with van der Waals surface area (Å²) in [5.41, 5.74) is 1.65. The van der Waals surface area contributed by atoms with E-state index in [1.165, 1.54) is 23.4 Å². The number of carbonyl (C=O) groups is 1. The van der Waals surface area contributed by atoms with Crippen LogP contribution in [0, 0.1) is 13.8 Å². The fourth-order valence-corrected chi connectivity index (χ4v) is 3.29. The van der Waals surface area contributed by atoms with Gasteiger partial charge in [0.2, 0.25) is 5.91 Å². The normalized spacial score (nSPS) is 11.4. The number of benzene rings is 2. The van der Waals surface area contributed by atoms with Gasteiger partial charge in [-0.1, -0.05) is 17.3 Å². The van der Waals surface area contributed by atoms with Gasteiger partial charge >= 0.3 is 6.18 Å². The SMILES string of the molecule is Cc1noc(C)c1COc1ccc(CC(=O)Nc2cc(C(F)(F)F)ccc2-n2cncn2)cc1. The highest BCUT2D eigenvalue weighted by Gasteiger charge is 2.31. The molecule has 176 valence electrons. The summed E-state index contributed by atoms with van der Waals surface area (Å²) in [6.07, 6.45) is -2.02. The first-order chi connectivity index (χ1) is 16.2. The number of rotatable bonds is 7. The van der Waals surface area contributed by atoms with Gasteiger partial charge in [-0.05, 0) is 49.7 Å². The third-order valence-corrected chi connectivity index (χ3v) is 5.12. The second-order valence-electron chi connectivity index (χ2n) is 7.53. The van der Waals surface area contributed by atoms with Crippen molar-refractivity contribution in [1.82, 2.24) is 19.9 Å². The number of anilines is 1. The molecule has 1 N–H and O–H groups in total. The number of aryl methyl sites for hydroxylation is 2. The summed E-state index contributed by atoms with van der Waals surface area (Å²) in [5.74, 6) is 0.797. The molecule has 4 aromatic rings. The minimum absolute atomic E-state index is 0.0234. The van der Waals surface area contributed by atoms with Gasteiger partial charge in [0.15, 0.2) is 0 Å². The Bertz CT molecular complexity index is 1260. The van der Waals surface area contributed by atoms with Gasteiger partial charge in [-0.2, -0.15) is 18.3 Å². The summed E-state index contributed by atoms with van der Waals surface area (Å²) in [7, 11) is 0. The average molecular weight is 471 g/mol. The fraction of sp³-hybridized carbons (Fsp3) is 0.217. The van der Waals surface area contributed by atoms with Gasteiger partial charge < -0.3 is 14.6 Å². The van der Waals surface area contributed by atoms with Crippen LogP contribution in [0.2, 0.25) is 0 Å². The van der Waals surface area contributed by atoms with Gasteiger partial charge in [0.1, 0.15) is 30.8 Å². The molecule has 11 heteroatoms. The van der Waals surface area contributed by atoms with Crippen LogP contribution in [0.5, 0.6) is 5.75 Å². The van der Waals surface area contributed by atoms with Crippen LogP contribution in [0.3, 0.4) is 0 Å². The van der Waals surface area contributed by atoms with Crippen molar-refractivity contribution in [1.29, 1.82) is 0 Å². The standard InChI is InChI=1S/C23H20F3N5O3/c1-14-19(15(2)34-30-14)11-33-18-6-3-16(4-7-18)9-22(32)29-20-10-17(23(24,25)26)5-8-21(20)31-13-27-12-28-31/h3-8,10,12-13H,9,11H2,1-2H3,(H,29,32). The number of amides is 1. The molecule has 4 rings (SSSR count). The molecule has 0 saturated heterocycles. The highest BCUT2D eigenvalue weighted by Crippen LogP contribution is 2.33. The van der Waals surface area contributed by atoms with Crippen molar-refractivity contribution in [2.24, 2.45) is 0 Å². The topological polar surface area (TPSA) is 95.1 Å². The van der Waals surface area contributed by atoms with Gasteiger partial charge in [0.05, 0.1) is 34.6 Å². The second-order valence-corrected chi connectivity index (χ2v) is 7.53. The lowest BCUT2D eigenvalue weighted by atomic mass is 10.1. The number of aromatic nitrogens is 4. The molecule has 2 heterocycles. The van der Waals surface area contributed by atoms with Crippen molar-refractivity contribution >= 4 is 11.6 Å². The van der Waals surface area contributed by atoms with Gasteiger partial charge in [0, 0.05) is 0 Å². The van der Waals surface area contributed by atoms with E-state index in [-0.39, 0.29) is 17.8 Å². The van der Waals surface area contributed by atoms with Crippen molar-refractivity contribution < 1.29 is 27.2 Å². The summed E-state index contributed by atoms with van der Waals surface area (Å²) in [4.78, 5) is 16.4. The Morgan fingerprint density at radius 1 is 1.15 bits per heavy atom. The highest BCUT2D eigenvalue weighted by atomic mass is 19.4. The van der Waals surface area contributed by atoms with Crippen molar-refractivity contribution in [2.45, 2.75) is 33.1 Å². The lowest BCUT2D eigenvalue weighted by Crippen LogP contribution is -2.17. The van der Waals surface area contributed by atoms with E-state index in [0.29, 0.717) is 23.7 Å². The predicted octanol–water partition coefficient (Wildman–Crippen LogP) is 4.65. The summed E-state index contributed by atoms with van der Waals surface area (Å²) < 4.78 is 51.7. The number of carbonyl (C=O) groups excluding carboxylic acids is 1. The lowest BCUT2D eigenvalue weighted by molar-refractivity contribution is -0.137. The number of nitrogens with zero attached hydrogens (tertiary/aromatic N) is 4. The molecule has 0 aliphatic heterocycles. The molecule has 2 aromatic heterocycles. The largest absolute Gasteiger partial charge is 0.489 e. The number of hydrogen-bond acceptors (Lipinski definition) is 6. The van der Waals surface area contributed by atoms with Crippen LogP contribution in [-0.2, 0) is 24.0 Å². The van der Waals surface area contributed by atoms with Crippen LogP contribution in [0.1, 0.15) is 28.1 Å². The molecular weight excluding hydrogens is 451 g/mol. The predicted molar refractivity (Wildman–Crippen MR) is 115 cm³/mol. The van der Waals surface area contributed by atoms with Gasteiger partial charge in [0.25, 0.3) is 0 Å². The van der Waals surface area contributed by atoms with Crippen LogP contribution in [-0.4, -0.2) is 25.8 Å². The zero-order chi connectivity index (χ0) is 24.3. The summed E-state index contributed by atoms with van der Waals surface area (Å²) in [5, 5.41) is 10.4. The Balaban J connectivity index is 1.44. The molecule has 0 bridgehead atoms. The maximum atomic E-state index is 13.2. The van der Waals surface area contributed by atoms with Crippen LogP contribution in [0.25, 0.3) is 5.69 Å². The minimum atomic E-state index is -4.56. The first-order valence-electron chi connectivity index (χ1n) is 10.2. The Labute approximate surface area is 192 Å². The molecule has 8 nitrogen and oxygen atoms in total. The van der Waals surface area contributed by atoms with Crippen LogP contribution >= 0.6 is 0 Å². The summed E-state index contributed by atoms with van der Waals surface area (Å²) >= 11 is 0. The molecule has 0 unspecified atom stereocenters. The number of ether oxygens (including phenoxy) is 1. The van der Waals surface area contributed by atoms with E-state index >= 15 is 0 Å². The van der Waals surface area contributed by atoms with Crippen molar-refractivity contribution in [2.75, 3.05) is 5.32 Å². The Hall–Kier alpha value is -4.15. The smallest absolute Gasteiger partial charge is 0.416 e. The molecule has 0 spiro atoms. The number of hydrogen-bond donors (Lipinski definition) is 1. The average Bonchev–Trinajstić information content (AvgIpc) is 3.43. The monoisotopic (exact) mass is 471 g/mol. The number of nitrogens with one attached hydrogen (secondary N) is 1. The second kappa shape index (κ2) is 9.38. The zero-order valence-electron chi connectivity index (χ0n) is 18.3. The summed E-state index contributed by atoms with van der Waals surface area (Å²) in [6, 6.07) is 9.89. The van der Waals surface area contributed by atoms with E-state index in [1.807, 2.05) is 6.92 Å². The maximum Gasteiger partial charge on any atom is 0.416 e. The van der Waals surface area contributed by atoms with Crippen molar-refractivity contribution in [3.63, 3.8) is 0 Å². The van der Waals surface area contributed by atoms with E-state index < -0.39 is 17.6 Å². The van der Waals surface area contributed by atoms with E-state index in [1.54, 1.807) is 31.2 Å². The molecule has 2 aromatic carbocycles. The maximum absolute atomic E-state index is 13.2. The van der Waals surface area contributed by atoms with Gasteiger partial charge in [-0.15, -0.1) is 0 Å².